The van der Waals surface area contributed by atoms with Gasteiger partial charge in [0.1, 0.15) is 5.82 Å². The van der Waals surface area contributed by atoms with Gasteiger partial charge in [-0.2, -0.15) is 0 Å². The number of nitrogens with zero attached hydrogens (tertiary/aromatic N) is 2. The van der Waals surface area contributed by atoms with E-state index in [0.29, 0.717) is 21.7 Å². The first kappa shape index (κ1) is 13.8. The summed E-state index contributed by atoms with van der Waals surface area (Å²) in [6.07, 6.45) is 0. The molecule has 1 aromatic heterocycles. The van der Waals surface area contributed by atoms with Gasteiger partial charge in [-0.05, 0) is 31.2 Å². The third kappa shape index (κ3) is 2.33. The number of fused-ring (bicyclic) bond motifs is 1. The Bertz CT molecular complexity index is 857. The monoisotopic (exact) mass is 299 g/mol. The van der Waals surface area contributed by atoms with Crippen LogP contribution in [0.1, 0.15) is 18.8 Å². The molecule has 0 aliphatic heterocycles. The Morgan fingerprint density at radius 3 is 2.52 bits per heavy atom. The molecule has 0 bridgehead atoms. The van der Waals surface area contributed by atoms with Gasteiger partial charge < -0.3 is 5.73 Å². The zero-order valence-electron chi connectivity index (χ0n) is 11.5. The zero-order chi connectivity index (χ0) is 15.0. The highest BCUT2D eigenvalue weighted by atomic mass is 35.5. The van der Waals surface area contributed by atoms with Gasteiger partial charge in [-0.15, -0.1) is 0 Å². The predicted molar refractivity (Wildman–Crippen MR) is 85.0 cm³/mol. The highest BCUT2D eigenvalue weighted by Crippen LogP contribution is 2.22. The maximum Gasteiger partial charge on any atom is 0.266 e. The summed E-state index contributed by atoms with van der Waals surface area (Å²) in [6, 6.07) is 14.1. The van der Waals surface area contributed by atoms with Gasteiger partial charge in [0.25, 0.3) is 5.56 Å². The second-order valence-corrected chi connectivity index (χ2v) is 5.28. The Morgan fingerprint density at radius 1 is 1.14 bits per heavy atom. The minimum absolute atomic E-state index is 0.166. The van der Waals surface area contributed by atoms with E-state index < -0.39 is 6.04 Å². The van der Waals surface area contributed by atoms with E-state index in [4.69, 9.17) is 17.3 Å². The molecule has 4 nitrogen and oxygen atoms in total. The summed E-state index contributed by atoms with van der Waals surface area (Å²) in [4.78, 5) is 17.3. The van der Waals surface area contributed by atoms with Crippen LogP contribution in [-0.4, -0.2) is 9.55 Å². The molecular formula is C16H14ClN3O. The van der Waals surface area contributed by atoms with Crippen molar-refractivity contribution in [1.29, 1.82) is 0 Å². The summed E-state index contributed by atoms with van der Waals surface area (Å²) in [7, 11) is 0. The van der Waals surface area contributed by atoms with E-state index in [-0.39, 0.29) is 5.56 Å². The van der Waals surface area contributed by atoms with Crippen LogP contribution in [0, 0.1) is 0 Å². The maximum absolute atomic E-state index is 12.8. The van der Waals surface area contributed by atoms with Gasteiger partial charge in [0.05, 0.1) is 27.7 Å². The van der Waals surface area contributed by atoms with Crippen molar-refractivity contribution in [2.75, 3.05) is 0 Å². The van der Waals surface area contributed by atoms with Crippen molar-refractivity contribution >= 4 is 22.5 Å². The molecule has 106 valence electrons. The summed E-state index contributed by atoms with van der Waals surface area (Å²) in [5, 5.41) is 0.933. The first-order valence-electron chi connectivity index (χ1n) is 6.62. The molecule has 2 N–H and O–H groups in total. The SMILES string of the molecule is C[C@H](N)c1nc2c(Cl)cccc2c(=O)n1-c1ccccc1. The van der Waals surface area contributed by atoms with Crippen LogP contribution in [0.25, 0.3) is 16.6 Å². The molecule has 0 aliphatic carbocycles. The van der Waals surface area contributed by atoms with Gasteiger partial charge in [-0.1, -0.05) is 35.9 Å². The number of benzene rings is 2. The number of nitrogens with two attached hydrogens (primary N) is 1. The Kier molecular flexibility index (Phi) is 3.49. The van der Waals surface area contributed by atoms with Crippen LogP contribution >= 0.6 is 11.6 Å². The molecule has 1 heterocycles. The van der Waals surface area contributed by atoms with Crippen molar-refractivity contribution in [3.8, 4) is 5.69 Å². The fourth-order valence-corrected chi connectivity index (χ4v) is 2.54. The van der Waals surface area contributed by atoms with E-state index in [1.165, 1.54) is 0 Å². The lowest BCUT2D eigenvalue weighted by atomic mass is 10.2. The fraction of sp³-hybridized carbons (Fsp3) is 0.125. The topological polar surface area (TPSA) is 60.9 Å². The Hall–Kier alpha value is -2.17. The van der Waals surface area contributed by atoms with Gasteiger partial charge in [0.15, 0.2) is 0 Å². The molecule has 0 radical (unpaired) electrons. The summed E-state index contributed by atoms with van der Waals surface area (Å²) in [5.74, 6) is 0.492. The molecule has 0 fully saturated rings. The molecule has 0 saturated carbocycles. The highest BCUT2D eigenvalue weighted by molar-refractivity contribution is 6.34. The van der Waals surface area contributed by atoms with Crippen molar-refractivity contribution < 1.29 is 0 Å². The Balaban J connectivity index is 2.46. The minimum Gasteiger partial charge on any atom is -0.322 e. The third-order valence-corrected chi connectivity index (χ3v) is 3.60. The second kappa shape index (κ2) is 5.31. The number of para-hydroxylation sites is 2. The lowest BCUT2D eigenvalue weighted by Gasteiger charge is -2.16. The van der Waals surface area contributed by atoms with E-state index >= 15 is 0 Å². The van der Waals surface area contributed by atoms with E-state index in [2.05, 4.69) is 4.98 Å². The quantitative estimate of drug-likeness (QED) is 0.791. The molecule has 0 aliphatic rings. The lowest BCUT2D eigenvalue weighted by Crippen LogP contribution is -2.27. The molecule has 2 aromatic carbocycles. The molecule has 3 aromatic rings. The van der Waals surface area contributed by atoms with Gasteiger partial charge in [0, 0.05) is 0 Å². The number of halogens is 1. The van der Waals surface area contributed by atoms with Crippen LogP contribution in [0.2, 0.25) is 5.02 Å². The highest BCUT2D eigenvalue weighted by Gasteiger charge is 2.16. The minimum atomic E-state index is -0.390. The largest absolute Gasteiger partial charge is 0.322 e. The summed E-state index contributed by atoms with van der Waals surface area (Å²) in [6.45, 7) is 1.80. The van der Waals surface area contributed by atoms with E-state index in [9.17, 15) is 4.79 Å². The van der Waals surface area contributed by atoms with Crippen LogP contribution in [0.4, 0.5) is 0 Å². The van der Waals surface area contributed by atoms with Gasteiger partial charge >= 0.3 is 0 Å². The van der Waals surface area contributed by atoms with Crippen LogP contribution in [0.15, 0.2) is 53.3 Å². The first-order valence-corrected chi connectivity index (χ1v) is 6.99. The summed E-state index contributed by atoms with van der Waals surface area (Å²) >= 11 is 6.15. The van der Waals surface area contributed by atoms with Crippen molar-refractivity contribution in [3.63, 3.8) is 0 Å². The van der Waals surface area contributed by atoms with Crippen LogP contribution < -0.4 is 11.3 Å². The van der Waals surface area contributed by atoms with Crippen molar-refractivity contribution in [2.45, 2.75) is 13.0 Å². The van der Waals surface area contributed by atoms with Gasteiger partial charge in [0.2, 0.25) is 0 Å². The summed E-state index contributed by atoms with van der Waals surface area (Å²) < 4.78 is 1.54. The Labute approximate surface area is 126 Å². The number of rotatable bonds is 2. The zero-order valence-corrected chi connectivity index (χ0v) is 12.2. The van der Waals surface area contributed by atoms with Crippen LogP contribution in [0.3, 0.4) is 0 Å². The number of hydrogen-bond acceptors (Lipinski definition) is 3. The molecule has 0 saturated heterocycles. The second-order valence-electron chi connectivity index (χ2n) is 4.87. The van der Waals surface area contributed by atoms with Crippen molar-refractivity contribution in [2.24, 2.45) is 5.73 Å². The number of aromatic nitrogens is 2. The van der Waals surface area contributed by atoms with E-state index in [1.807, 2.05) is 30.3 Å². The Morgan fingerprint density at radius 2 is 1.86 bits per heavy atom. The van der Waals surface area contributed by atoms with Gasteiger partial charge in [-0.3, -0.25) is 9.36 Å². The fourth-order valence-electron chi connectivity index (χ4n) is 2.32. The average Bonchev–Trinajstić information content (AvgIpc) is 2.48. The third-order valence-electron chi connectivity index (χ3n) is 3.30. The molecule has 0 amide bonds. The van der Waals surface area contributed by atoms with Crippen LogP contribution in [-0.2, 0) is 0 Å². The molecule has 3 rings (SSSR count). The first-order chi connectivity index (χ1) is 10.1. The molecule has 1 atom stereocenters. The normalized spacial score (nSPS) is 12.5. The molecule has 21 heavy (non-hydrogen) atoms. The van der Waals surface area contributed by atoms with Gasteiger partial charge in [-0.25, -0.2) is 4.98 Å². The predicted octanol–water partition coefficient (Wildman–Crippen LogP) is 3.06. The average molecular weight is 300 g/mol. The molecular weight excluding hydrogens is 286 g/mol. The maximum atomic E-state index is 12.8. The molecule has 5 heteroatoms. The molecule has 0 spiro atoms. The van der Waals surface area contributed by atoms with Crippen LogP contribution in [0.5, 0.6) is 0 Å². The lowest BCUT2D eigenvalue weighted by molar-refractivity contribution is 0.696. The molecule has 0 unspecified atom stereocenters. The van der Waals surface area contributed by atoms with E-state index in [0.717, 1.165) is 5.69 Å². The van der Waals surface area contributed by atoms with Crippen molar-refractivity contribution in [1.82, 2.24) is 9.55 Å². The van der Waals surface area contributed by atoms with E-state index in [1.54, 1.807) is 29.7 Å². The smallest absolute Gasteiger partial charge is 0.266 e. The number of hydrogen-bond donors (Lipinski definition) is 1. The summed E-state index contributed by atoms with van der Waals surface area (Å²) in [5.41, 5.74) is 7.06. The van der Waals surface area contributed by atoms with Crippen molar-refractivity contribution in [3.05, 3.63) is 69.7 Å². The standard InChI is InChI=1S/C16H14ClN3O/c1-10(18)15-19-14-12(8-5-9-13(14)17)16(21)20(15)11-6-3-2-4-7-11/h2-10H,18H2,1H3/t10-/m0/s1.